The Kier molecular flexibility index (Phi) is 3.13. The molecule has 0 fully saturated rings. The van der Waals surface area contributed by atoms with Crippen LogP contribution in [0.25, 0.3) is 5.65 Å². The molecule has 0 unspecified atom stereocenters. The molecule has 7 heteroatoms. The zero-order chi connectivity index (χ0) is 14.3. The third-order valence-corrected chi connectivity index (χ3v) is 3.55. The molecule has 2 aromatic heterocycles. The number of hydrogen-bond acceptors (Lipinski definition) is 2. The van der Waals surface area contributed by atoms with Crippen molar-refractivity contribution < 1.29 is 8.78 Å². The van der Waals surface area contributed by atoms with Crippen LogP contribution in [0.2, 0.25) is 0 Å². The van der Waals surface area contributed by atoms with E-state index in [4.69, 9.17) is 0 Å². The molecule has 2 heterocycles. The summed E-state index contributed by atoms with van der Waals surface area (Å²) >= 11 is 2.99. The predicted molar refractivity (Wildman–Crippen MR) is 72.6 cm³/mol. The lowest BCUT2D eigenvalue weighted by atomic mass is 10.2. The summed E-state index contributed by atoms with van der Waals surface area (Å²) < 4.78 is 30.1. The quantitative estimate of drug-likeness (QED) is 0.673. The average Bonchev–Trinajstić information content (AvgIpc) is 2.76. The van der Waals surface area contributed by atoms with Gasteiger partial charge >= 0.3 is 5.69 Å². The largest absolute Gasteiger partial charge is 0.350 e. The van der Waals surface area contributed by atoms with Gasteiger partial charge in [0.05, 0.1) is 11.0 Å². The van der Waals surface area contributed by atoms with Crippen molar-refractivity contribution in [1.29, 1.82) is 0 Å². The van der Waals surface area contributed by atoms with E-state index < -0.39 is 17.3 Å². The van der Waals surface area contributed by atoms with Gasteiger partial charge in [0.15, 0.2) is 5.65 Å². The number of fused-ring (bicyclic) bond motifs is 1. The lowest BCUT2D eigenvalue weighted by Crippen LogP contribution is -2.22. The molecule has 0 atom stereocenters. The zero-order valence-electron chi connectivity index (χ0n) is 10.1. The summed E-state index contributed by atoms with van der Waals surface area (Å²) in [6.45, 7) is -0.266. The number of nitrogens with zero attached hydrogens (tertiary/aromatic N) is 3. The number of hydrogen-bond donors (Lipinski definition) is 0. The molecule has 0 N–H and O–H groups in total. The van der Waals surface area contributed by atoms with Crippen molar-refractivity contribution >= 4 is 21.6 Å². The molecule has 0 aliphatic heterocycles. The molecule has 3 rings (SSSR count). The Balaban J connectivity index is 2.13. The molecule has 0 amide bonds. The van der Waals surface area contributed by atoms with Gasteiger partial charge in [-0.2, -0.15) is 0 Å². The lowest BCUT2D eigenvalue weighted by molar-refractivity contribution is 0.524. The minimum absolute atomic E-state index is 0.144. The molecule has 1 aromatic carbocycles. The molecule has 3 aromatic rings. The third kappa shape index (κ3) is 2.03. The van der Waals surface area contributed by atoms with Gasteiger partial charge in [-0.05, 0) is 40.2 Å². The second-order valence-electron chi connectivity index (χ2n) is 4.19. The van der Waals surface area contributed by atoms with Gasteiger partial charge < -0.3 is 0 Å². The van der Waals surface area contributed by atoms with Crippen LogP contribution in [0.3, 0.4) is 0 Å². The van der Waals surface area contributed by atoms with Crippen LogP contribution >= 0.6 is 15.9 Å². The summed E-state index contributed by atoms with van der Waals surface area (Å²) in [5.41, 5.74) is -0.224. The van der Waals surface area contributed by atoms with Crippen molar-refractivity contribution in [2.24, 2.45) is 0 Å². The van der Waals surface area contributed by atoms with Gasteiger partial charge in [0.25, 0.3) is 0 Å². The summed E-state index contributed by atoms with van der Waals surface area (Å²) in [7, 11) is 0. The Bertz CT molecular complexity index is 856. The van der Waals surface area contributed by atoms with E-state index in [9.17, 15) is 13.6 Å². The number of benzene rings is 1. The topological polar surface area (TPSA) is 39.3 Å². The van der Waals surface area contributed by atoms with E-state index >= 15 is 0 Å². The summed E-state index contributed by atoms with van der Waals surface area (Å²) in [4.78, 5) is 12.0. The molecule has 0 aliphatic carbocycles. The van der Waals surface area contributed by atoms with Gasteiger partial charge in [0, 0.05) is 11.8 Å². The molecule has 0 aliphatic rings. The monoisotopic (exact) mass is 339 g/mol. The van der Waals surface area contributed by atoms with Crippen molar-refractivity contribution in [2.45, 2.75) is 6.54 Å². The standard InChI is InChI=1S/C13H8BrF2N3O/c14-9-4-5-10(15)8(12(9)16)7-19-13(20)18-6-2-1-3-11(18)17-19/h1-6H,7H2. The second-order valence-corrected chi connectivity index (χ2v) is 5.05. The van der Waals surface area contributed by atoms with Crippen LogP contribution in [0.4, 0.5) is 8.78 Å². The number of rotatable bonds is 2. The Labute approximate surface area is 120 Å². The summed E-state index contributed by atoms with van der Waals surface area (Å²) in [5.74, 6) is -1.44. The first-order chi connectivity index (χ1) is 9.58. The molecule has 20 heavy (non-hydrogen) atoms. The molecule has 102 valence electrons. The minimum atomic E-state index is -0.728. The molecular weight excluding hydrogens is 332 g/mol. The molecule has 0 saturated heterocycles. The van der Waals surface area contributed by atoms with Crippen LogP contribution in [0.5, 0.6) is 0 Å². The van der Waals surface area contributed by atoms with Crippen LogP contribution in [0.1, 0.15) is 5.56 Å². The third-order valence-electron chi connectivity index (χ3n) is 2.94. The highest BCUT2D eigenvalue weighted by atomic mass is 79.9. The van der Waals surface area contributed by atoms with E-state index in [1.165, 1.54) is 10.5 Å². The van der Waals surface area contributed by atoms with Crippen LogP contribution in [-0.4, -0.2) is 14.2 Å². The SMILES string of the molecule is O=c1n(Cc2c(F)ccc(Br)c2F)nc2ccccn12. The second kappa shape index (κ2) is 4.82. The first-order valence-electron chi connectivity index (χ1n) is 5.74. The van der Waals surface area contributed by atoms with E-state index in [1.807, 2.05) is 0 Å². The van der Waals surface area contributed by atoms with Crippen LogP contribution in [0, 0.1) is 11.6 Å². The van der Waals surface area contributed by atoms with Gasteiger partial charge in [0.1, 0.15) is 11.6 Å². The van der Waals surface area contributed by atoms with Gasteiger partial charge in [-0.1, -0.05) is 6.07 Å². The predicted octanol–water partition coefficient (Wildman–Crippen LogP) is 2.58. The number of pyridine rings is 1. The summed E-state index contributed by atoms with van der Waals surface area (Å²) in [6, 6.07) is 7.47. The van der Waals surface area contributed by atoms with Crippen molar-refractivity contribution in [3.63, 3.8) is 0 Å². The highest BCUT2D eigenvalue weighted by Gasteiger charge is 2.15. The maximum Gasteiger partial charge on any atom is 0.350 e. The van der Waals surface area contributed by atoms with Crippen molar-refractivity contribution in [3.8, 4) is 0 Å². The zero-order valence-corrected chi connectivity index (χ0v) is 11.6. The lowest BCUT2D eigenvalue weighted by Gasteiger charge is -2.05. The van der Waals surface area contributed by atoms with Gasteiger partial charge in [-0.15, -0.1) is 5.10 Å². The van der Waals surface area contributed by atoms with Gasteiger partial charge in [0.2, 0.25) is 0 Å². The van der Waals surface area contributed by atoms with Gasteiger partial charge in [-0.25, -0.2) is 18.3 Å². The highest BCUT2D eigenvalue weighted by Crippen LogP contribution is 2.21. The Morgan fingerprint density at radius 1 is 1.20 bits per heavy atom. The first kappa shape index (κ1) is 13.0. The fourth-order valence-electron chi connectivity index (χ4n) is 1.93. The molecule has 0 radical (unpaired) electrons. The highest BCUT2D eigenvalue weighted by molar-refractivity contribution is 9.10. The van der Waals surface area contributed by atoms with Crippen LogP contribution < -0.4 is 5.69 Å². The summed E-state index contributed by atoms with van der Waals surface area (Å²) in [5, 5.41) is 4.04. The number of halogens is 3. The molecular formula is C13H8BrF2N3O. The maximum atomic E-state index is 13.9. The Morgan fingerprint density at radius 2 is 2.00 bits per heavy atom. The first-order valence-corrected chi connectivity index (χ1v) is 6.54. The Morgan fingerprint density at radius 3 is 2.75 bits per heavy atom. The normalized spacial score (nSPS) is 11.2. The average molecular weight is 340 g/mol. The van der Waals surface area contributed by atoms with E-state index in [0.717, 1.165) is 10.7 Å². The smallest absolute Gasteiger partial charge is 0.250 e. The van der Waals surface area contributed by atoms with Gasteiger partial charge in [-0.3, -0.25) is 4.40 Å². The summed E-state index contributed by atoms with van der Waals surface area (Å²) in [6.07, 6.45) is 1.55. The molecule has 0 spiro atoms. The fraction of sp³-hybridized carbons (Fsp3) is 0.0769. The van der Waals surface area contributed by atoms with Crippen molar-refractivity contribution in [1.82, 2.24) is 14.2 Å². The molecule has 4 nitrogen and oxygen atoms in total. The van der Waals surface area contributed by atoms with E-state index in [0.29, 0.717) is 5.65 Å². The fourth-order valence-corrected chi connectivity index (χ4v) is 2.31. The van der Waals surface area contributed by atoms with E-state index in [1.54, 1.807) is 24.4 Å². The van der Waals surface area contributed by atoms with E-state index in [2.05, 4.69) is 21.0 Å². The maximum absolute atomic E-state index is 13.9. The Hall–Kier alpha value is -2.02. The molecule has 0 saturated carbocycles. The van der Waals surface area contributed by atoms with Crippen LogP contribution in [0.15, 0.2) is 45.8 Å². The van der Waals surface area contributed by atoms with E-state index in [-0.39, 0.29) is 16.6 Å². The molecule has 0 bridgehead atoms. The minimum Gasteiger partial charge on any atom is -0.250 e. The van der Waals surface area contributed by atoms with Crippen molar-refractivity contribution in [3.05, 3.63) is 68.7 Å². The van der Waals surface area contributed by atoms with Crippen molar-refractivity contribution in [2.75, 3.05) is 0 Å². The van der Waals surface area contributed by atoms with Crippen LogP contribution in [-0.2, 0) is 6.54 Å². The number of aromatic nitrogens is 3.